The van der Waals surface area contributed by atoms with Crippen LogP contribution in [0.1, 0.15) is 10.4 Å². The minimum Gasteiger partial charge on any atom is -0.495 e. The molecule has 1 saturated heterocycles. The average molecular weight is 329 g/mol. The van der Waals surface area contributed by atoms with Crippen LogP contribution in [-0.2, 0) is 4.74 Å². The van der Waals surface area contributed by atoms with E-state index < -0.39 is 5.63 Å². The summed E-state index contributed by atoms with van der Waals surface area (Å²) in [6, 6.07) is 3.43. The van der Waals surface area contributed by atoms with Crippen molar-refractivity contribution >= 4 is 33.9 Å². The number of rotatable bonds is 3. The van der Waals surface area contributed by atoms with E-state index in [1.807, 2.05) is 4.90 Å². The molecule has 0 bridgehead atoms. The SMILES string of the molecule is COc1c2ccoc2cc2oc(=O)c(C=O)c(N3CCOCC3)c12. The van der Waals surface area contributed by atoms with Gasteiger partial charge in [0.15, 0.2) is 6.29 Å². The molecule has 4 rings (SSSR count). The van der Waals surface area contributed by atoms with E-state index in [2.05, 4.69) is 0 Å². The Bertz CT molecular complexity index is 980. The Hall–Kier alpha value is -2.80. The summed E-state index contributed by atoms with van der Waals surface area (Å²) >= 11 is 0. The Balaban J connectivity index is 2.16. The average Bonchev–Trinajstić information content (AvgIpc) is 3.07. The van der Waals surface area contributed by atoms with E-state index in [0.717, 1.165) is 5.39 Å². The first-order chi connectivity index (χ1) is 11.7. The van der Waals surface area contributed by atoms with Gasteiger partial charge in [0.1, 0.15) is 22.5 Å². The van der Waals surface area contributed by atoms with Gasteiger partial charge in [-0.15, -0.1) is 0 Å². The van der Waals surface area contributed by atoms with Crippen molar-refractivity contribution in [3.8, 4) is 5.75 Å². The molecule has 1 aliphatic heterocycles. The fraction of sp³-hybridized carbons (Fsp3) is 0.294. The largest absolute Gasteiger partial charge is 0.495 e. The summed E-state index contributed by atoms with van der Waals surface area (Å²) < 4.78 is 21.7. The number of carbonyl (C=O) groups is 1. The van der Waals surface area contributed by atoms with Crippen molar-refractivity contribution in [1.29, 1.82) is 0 Å². The molecular formula is C17H15NO6. The summed E-state index contributed by atoms with van der Waals surface area (Å²) in [6.45, 7) is 2.20. The molecule has 0 unspecified atom stereocenters. The van der Waals surface area contributed by atoms with Crippen LogP contribution in [-0.4, -0.2) is 39.7 Å². The predicted octanol–water partition coefficient (Wildman–Crippen LogP) is 2.20. The van der Waals surface area contributed by atoms with E-state index in [-0.39, 0.29) is 5.56 Å². The number of methoxy groups -OCH3 is 1. The maximum Gasteiger partial charge on any atom is 0.349 e. The molecule has 0 aliphatic carbocycles. The van der Waals surface area contributed by atoms with Gasteiger partial charge in [-0.05, 0) is 6.07 Å². The van der Waals surface area contributed by atoms with Gasteiger partial charge in [-0.25, -0.2) is 4.79 Å². The van der Waals surface area contributed by atoms with Crippen molar-refractivity contribution in [2.24, 2.45) is 0 Å². The van der Waals surface area contributed by atoms with E-state index in [0.29, 0.717) is 60.6 Å². The lowest BCUT2D eigenvalue weighted by molar-refractivity contribution is 0.111. The van der Waals surface area contributed by atoms with Crippen LogP contribution in [0.25, 0.3) is 21.9 Å². The highest BCUT2D eigenvalue weighted by Crippen LogP contribution is 2.41. The molecule has 3 aromatic rings. The van der Waals surface area contributed by atoms with Crippen LogP contribution in [0, 0.1) is 0 Å². The Kier molecular flexibility index (Phi) is 3.50. The van der Waals surface area contributed by atoms with Crippen LogP contribution in [0.4, 0.5) is 5.69 Å². The van der Waals surface area contributed by atoms with Gasteiger partial charge in [0.2, 0.25) is 0 Å². The zero-order chi connectivity index (χ0) is 16.7. The second-order valence-electron chi connectivity index (χ2n) is 5.48. The first-order valence-electron chi connectivity index (χ1n) is 7.57. The Morgan fingerprint density at radius 2 is 2.04 bits per heavy atom. The van der Waals surface area contributed by atoms with Gasteiger partial charge in [-0.3, -0.25) is 4.79 Å². The molecule has 24 heavy (non-hydrogen) atoms. The highest BCUT2D eigenvalue weighted by Gasteiger charge is 2.25. The lowest BCUT2D eigenvalue weighted by atomic mass is 10.1. The van der Waals surface area contributed by atoms with Crippen molar-refractivity contribution in [3.63, 3.8) is 0 Å². The van der Waals surface area contributed by atoms with Crippen LogP contribution in [0.15, 0.2) is 32.0 Å². The van der Waals surface area contributed by atoms with Gasteiger partial charge in [0.05, 0.1) is 43.0 Å². The molecule has 0 amide bonds. The van der Waals surface area contributed by atoms with Gasteiger partial charge in [0, 0.05) is 19.2 Å². The number of furan rings is 1. The molecule has 7 nitrogen and oxygen atoms in total. The highest BCUT2D eigenvalue weighted by molar-refractivity contribution is 6.10. The van der Waals surface area contributed by atoms with Crippen molar-refractivity contribution in [2.45, 2.75) is 0 Å². The molecule has 0 spiro atoms. The van der Waals surface area contributed by atoms with Crippen LogP contribution >= 0.6 is 0 Å². The smallest absolute Gasteiger partial charge is 0.349 e. The molecular weight excluding hydrogens is 314 g/mol. The predicted molar refractivity (Wildman–Crippen MR) is 87.2 cm³/mol. The summed E-state index contributed by atoms with van der Waals surface area (Å²) in [5, 5.41) is 1.35. The molecule has 0 N–H and O–H groups in total. The van der Waals surface area contributed by atoms with Crippen LogP contribution in [0.5, 0.6) is 5.75 Å². The summed E-state index contributed by atoms with van der Waals surface area (Å²) in [4.78, 5) is 25.8. The lowest BCUT2D eigenvalue weighted by Gasteiger charge is -2.30. The monoisotopic (exact) mass is 329 g/mol. The summed E-state index contributed by atoms with van der Waals surface area (Å²) in [7, 11) is 1.54. The minimum absolute atomic E-state index is 0.00875. The molecule has 0 atom stereocenters. The standard InChI is InChI=1S/C17H15NO6/c1-21-16-10-2-5-23-12(10)8-13-14(16)15(11(9-19)17(20)24-13)18-3-6-22-7-4-18/h2,5,8-9H,3-4,6-7H2,1H3. The van der Waals surface area contributed by atoms with Crippen molar-refractivity contribution < 1.29 is 23.1 Å². The molecule has 7 heteroatoms. The lowest BCUT2D eigenvalue weighted by Crippen LogP contribution is -2.37. The number of ether oxygens (including phenoxy) is 2. The second-order valence-corrected chi connectivity index (χ2v) is 5.48. The van der Waals surface area contributed by atoms with E-state index >= 15 is 0 Å². The van der Waals surface area contributed by atoms with Crippen LogP contribution in [0.3, 0.4) is 0 Å². The van der Waals surface area contributed by atoms with Crippen molar-refractivity contribution in [1.82, 2.24) is 0 Å². The van der Waals surface area contributed by atoms with Gasteiger partial charge in [-0.2, -0.15) is 0 Å². The zero-order valence-electron chi connectivity index (χ0n) is 13.0. The number of fused-ring (bicyclic) bond motifs is 2. The summed E-state index contributed by atoms with van der Waals surface area (Å²) in [5.74, 6) is 0.518. The topological polar surface area (TPSA) is 82.1 Å². The number of morpholine rings is 1. The molecule has 0 saturated carbocycles. The quantitative estimate of drug-likeness (QED) is 0.538. The summed E-state index contributed by atoms with van der Waals surface area (Å²) in [5.41, 5.74) is 0.720. The van der Waals surface area contributed by atoms with Gasteiger partial charge < -0.3 is 23.2 Å². The second kappa shape index (κ2) is 5.68. The number of hydrogen-bond acceptors (Lipinski definition) is 7. The molecule has 2 aromatic heterocycles. The third-order valence-corrected chi connectivity index (χ3v) is 4.24. The van der Waals surface area contributed by atoms with Gasteiger partial charge in [0.25, 0.3) is 0 Å². The van der Waals surface area contributed by atoms with Gasteiger partial charge in [-0.1, -0.05) is 0 Å². The zero-order valence-corrected chi connectivity index (χ0v) is 13.0. The molecule has 1 aromatic carbocycles. The maximum absolute atomic E-state index is 12.3. The molecule has 1 fully saturated rings. The third-order valence-electron chi connectivity index (χ3n) is 4.24. The summed E-state index contributed by atoms with van der Waals surface area (Å²) in [6.07, 6.45) is 2.08. The number of anilines is 1. The minimum atomic E-state index is -0.674. The maximum atomic E-state index is 12.3. The highest BCUT2D eigenvalue weighted by atomic mass is 16.5. The van der Waals surface area contributed by atoms with Crippen LogP contribution < -0.4 is 15.3 Å². The Morgan fingerprint density at radius 3 is 2.75 bits per heavy atom. The molecule has 3 heterocycles. The Labute approximate surface area is 136 Å². The fourth-order valence-corrected chi connectivity index (χ4v) is 3.18. The van der Waals surface area contributed by atoms with Crippen LogP contribution in [0.2, 0.25) is 0 Å². The third kappa shape index (κ3) is 2.09. The van der Waals surface area contributed by atoms with Crippen molar-refractivity contribution in [3.05, 3.63) is 34.4 Å². The number of carbonyl (C=O) groups excluding carboxylic acids is 1. The molecule has 124 valence electrons. The number of nitrogens with zero attached hydrogens (tertiary/aromatic N) is 1. The van der Waals surface area contributed by atoms with E-state index in [1.165, 1.54) is 7.11 Å². The first-order valence-corrected chi connectivity index (χ1v) is 7.57. The Morgan fingerprint density at radius 1 is 1.25 bits per heavy atom. The van der Waals surface area contributed by atoms with E-state index in [4.69, 9.17) is 18.3 Å². The molecule has 1 aliphatic rings. The van der Waals surface area contributed by atoms with E-state index in [1.54, 1.807) is 18.4 Å². The number of benzene rings is 1. The molecule has 0 radical (unpaired) electrons. The number of hydrogen-bond donors (Lipinski definition) is 0. The normalized spacial score (nSPS) is 15.1. The van der Waals surface area contributed by atoms with Crippen molar-refractivity contribution in [2.75, 3.05) is 38.3 Å². The first kappa shape index (κ1) is 14.8. The van der Waals surface area contributed by atoms with E-state index in [9.17, 15) is 9.59 Å². The van der Waals surface area contributed by atoms with Gasteiger partial charge >= 0.3 is 5.63 Å². The fourth-order valence-electron chi connectivity index (χ4n) is 3.18. The number of aldehydes is 1.